The molecule has 0 heterocycles. The second-order valence-corrected chi connectivity index (χ2v) is 5.19. The van der Waals surface area contributed by atoms with Crippen molar-refractivity contribution in [2.45, 2.75) is 33.1 Å². The molecule has 3 heteroatoms. The maximum Gasteiger partial charge on any atom is 0.164 e. The van der Waals surface area contributed by atoms with Crippen LogP contribution in [-0.4, -0.2) is 5.78 Å². The minimum absolute atomic E-state index is 0.0764. The van der Waals surface area contributed by atoms with Crippen molar-refractivity contribution in [1.29, 1.82) is 0 Å². The molecule has 88 valence electrons. The maximum atomic E-state index is 12.8. The molecule has 0 unspecified atom stereocenters. The molecule has 0 amide bonds. The number of rotatable bonds is 5. The van der Waals surface area contributed by atoms with Crippen molar-refractivity contribution in [3.8, 4) is 0 Å². The molecule has 0 saturated heterocycles. The Morgan fingerprint density at radius 2 is 2.12 bits per heavy atom. The average Bonchev–Trinajstić information content (AvgIpc) is 2.16. The van der Waals surface area contributed by atoms with Crippen LogP contribution < -0.4 is 0 Å². The highest BCUT2D eigenvalue weighted by Gasteiger charge is 2.10. The van der Waals surface area contributed by atoms with Gasteiger partial charge >= 0.3 is 0 Å². The van der Waals surface area contributed by atoms with Crippen LogP contribution in [0.2, 0.25) is 0 Å². The molecule has 16 heavy (non-hydrogen) atoms. The van der Waals surface area contributed by atoms with Crippen LogP contribution in [0.5, 0.6) is 0 Å². The second kappa shape index (κ2) is 6.14. The zero-order chi connectivity index (χ0) is 12.1. The minimum Gasteiger partial charge on any atom is -0.294 e. The van der Waals surface area contributed by atoms with Crippen molar-refractivity contribution in [3.63, 3.8) is 0 Å². The van der Waals surface area contributed by atoms with Gasteiger partial charge in [0.1, 0.15) is 5.82 Å². The number of carbonyl (C=O) groups excluding carboxylic acids is 1. The first-order valence-corrected chi connectivity index (χ1v) is 6.28. The van der Waals surface area contributed by atoms with E-state index in [2.05, 4.69) is 29.8 Å². The Morgan fingerprint density at radius 1 is 1.44 bits per heavy atom. The molecule has 0 N–H and O–H groups in total. The van der Waals surface area contributed by atoms with Gasteiger partial charge in [0.2, 0.25) is 0 Å². The van der Waals surface area contributed by atoms with Crippen LogP contribution in [0.4, 0.5) is 4.39 Å². The van der Waals surface area contributed by atoms with Gasteiger partial charge in [-0.15, -0.1) is 0 Å². The van der Waals surface area contributed by atoms with E-state index >= 15 is 0 Å². The maximum absolute atomic E-state index is 12.8. The molecule has 0 bridgehead atoms. The Hall–Kier alpha value is -0.700. The average molecular weight is 287 g/mol. The molecule has 1 nitrogen and oxygen atoms in total. The number of halogens is 2. The van der Waals surface area contributed by atoms with E-state index in [0.29, 0.717) is 22.4 Å². The molecule has 0 atom stereocenters. The highest BCUT2D eigenvalue weighted by molar-refractivity contribution is 9.10. The van der Waals surface area contributed by atoms with E-state index in [0.717, 1.165) is 12.8 Å². The molecular weight excluding hydrogens is 271 g/mol. The molecule has 0 fully saturated rings. The quantitative estimate of drug-likeness (QED) is 0.723. The van der Waals surface area contributed by atoms with Gasteiger partial charge in [-0.3, -0.25) is 4.79 Å². The van der Waals surface area contributed by atoms with Crippen LogP contribution in [0.1, 0.15) is 43.5 Å². The summed E-state index contributed by atoms with van der Waals surface area (Å²) in [7, 11) is 0. The van der Waals surface area contributed by atoms with E-state index in [1.54, 1.807) is 0 Å². The van der Waals surface area contributed by atoms with Gasteiger partial charge in [0.05, 0.1) is 0 Å². The smallest absolute Gasteiger partial charge is 0.164 e. The van der Waals surface area contributed by atoms with Crippen molar-refractivity contribution in [1.82, 2.24) is 0 Å². The van der Waals surface area contributed by atoms with Crippen molar-refractivity contribution < 1.29 is 9.18 Å². The van der Waals surface area contributed by atoms with Gasteiger partial charge in [-0.25, -0.2) is 4.39 Å². The first-order chi connectivity index (χ1) is 7.50. The molecule has 0 radical (unpaired) electrons. The Bertz CT molecular complexity index is 374. The Balaban J connectivity index is 2.59. The number of carbonyl (C=O) groups is 1. The standard InChI is InChI=1S/C13H16BrFO/c1-9(2)4-3-5-13(16)11-7-6-10(15)8-12(11)14/h6-9H,3-5H2,1-2H3. The minimum atomic E-state index is -0.328. The Kier molecular flexibility index (Phi) is 5.13. The first-order valence-electron chi connectivity index (χ1n) is 5.49. The third-order valence-corrected chi connectivity index (χ3v) is 3.07. The third-order valence-electron chi connectivity index (χ3n) is 2.42. The lowest BCUT2D eigenvalue weighted by Gasteiger charge is -2.05. The van der Waals surface area contributed by atoms with Crippen molar-refractivity contribution in [2.24, 2.45) is 5.92 Å². The number of hydrogen-bond donors (Lipinski definition) is 0. The van der Waals surface area contributed by atoms with E-state index in [1.165, 1.54) is 18.2 Å². The predicted molar refractivity (Wildman–Crippen MR) is 67.1 cm³/mol. The molecular formula is C13H16BrFO. The summed E-state index contributed by atoms with van der Waals surface area (Å²) in [6.45, 7) is 4.27. The van der Waals surface area contributed by atoms with Crippen LogP contribution in [0.25, 0.3) is 0 Å². The monoisotopic (exact) mass is 286 g/mol. The van der Waals surface area contributed by atoms with Gasteiger partial charge in [-0.2, -0.15) is 0 Å². The van der Waals surface area contributed by atoms with Crippen LogP contribution >= 0.6 is 15.9 Å². The lowest BCUT2D eigenvalue weighted by atomic mass is 10.0. The van der Waals surface area contributed by atoms with Gasteiger partial charge in [0.15, 0.2) is 5.78 Å². The van der Waals surface area contributed by atoms with Gasteiger partial charge < -0.3 is 0 Å². The molecule has 1 aromatic carbocycles. The number of hydrogen-bond acceptors (Lipinski definition) is 1. The molecule has 0 aliphatic heterocycles. The Morgan fingerprint density at radius 3 is 2.69 bits per heavy atom. The fourth-order valence-corrected chi connectivity index (χ4v) is 2.09. The predicted octanol–water partition coefficient (Wildman–Crippen LogP) is 4.60. The summed E-state index contributed by atoms with van der Waals surface area (Å²) in [6.07, 6.45) is 2.47. The summed E-state index contributed by atoms with van der Waals surface area (Å²) in [5.41, 5.74) is 0.574. The van der Waals surface area contributed by atoms with Crippen LogP contribution in [0.15, 0.2) is 22.7 Å². The van der Waals surface area contributed by atoms with Crippen molar-refractivity contribution in [2.75, 3.05) is 0 Å². The van der Waals surface area contributed by atoms with Gasteiger partial charge in [0, 0.05) is 16.5 Å². The summed E-state index contributed by atoms with van der Waals surface area (Å²) in [5.74, 6) is 0.364. The van der Waals surface area contributed by atoms with Crippen molar-refractivity contribution >= 4 is 21.7 Å². The van der Waals surface area contributed by atoms with E-state index in [4.69, 9.17) is 0 Å². The van der Waals surface area contributed by atoms with Crippen molar-refractivity contribution in [3.05, 3.63) is 34.1 Å². The summed E-state index contributed by atoms with van der Waals surface area (Å²) < 4.78 is 13.4. The highest BCUT2D eigenvalue weighted by atomic mass is 79.9. The molecule has 0 aromatic heterocycles. The van der Waals surface area contributed by atoms with E-state index in [9.17, 15) is 9.18 Å². The summed E-state index contributed by atoms with van der Waals surface area (Å²) in [4.78, 5) is 11.8. The fraction of sp³-hybridized carbons (Fsp3) is 0.462. The molecule has 1 rings (SSSR count). The first kappa shape index (κ1) is 13.4. The molecule has 1 aromatic rings. The molecule has 0 saturated carbocycles. The molecule has 0 spiro atoms. The van der Waals surface area contributed by atoms with E-state index < -0.39 is 0 Å². The molecule has 0 aliphatic carbocycles. The van der Waals surface area contributed by atoms with Gasteiger partial charge in [-0.1, -0.05) is 20.3 Å². The third kappa shape index (κ3) is 4.05. The number of benzene rings is 1. The lowest BCUT2D eigenvalue weighted by Crippen LogP contribution is -2.01. The normalized spacial score (nSPS) is 10.8. The summed E-state index contributed by atoms with van der Waals surface area (Å²) >= 11 is 3.21. The van der Waals surface area contributed by atoms with Gasteiger partial charge in [0.25, 0.3) is 0 Å². The van der Waals surface area contributed by atoms with E-state index in [-0.39, 0.29) is 11.6 Å². The topological polar surface area (TPSA) is 17.1 Å². The zero-order valence-corrected chi connectivity index (χ0v) is 11.2. The summed E-state index contributed by atoms with van der Waals surface area (Å²) in [5, 5.41) is 0. The summed E-state index contributed by atoms with van der Waals surface area (Å²) in [6, 6.07) is 4.19. The van der Waals surface area contributed by atoms with Crippen LogP contribution in [0.3, 0.4) is 0 Å². The SMILES string of the molecule is CC(C)CCCC(=O)c1ccc(F)cc1Br. The lowest BCUT2D eigenvalue weighted by molar-refractivity contribution is 0.0977. The number of Topliss-reactive ketones (excluding diaryl/α,β-unsaturated/α-hetero) is 1. The van der Waals surface area contributed by atoms with E-state index in [1.807, 2.05) is 0 Å². The highest BCUT2D eigenvalue weighted by Crippen LogP contribution is 2.20. The number of ketones is 1. The Labute approximate surface area is 104 Å². The largest absolute Gasteiger partial charge is 0.294 e. The molecule has 0 aliphatic rings. The van der Waals surface area contributed by atoms with Crippen LogP contribution in [0, 0.1) is 11.7 Å². The van der Waals surface area contributed by atoms with Crippen LogP contribution in [-0.2, 0) is 0 Å². The zero-order valence-electron chi connectivity index (χ0n) is 9.59. The fourth-order valence-electron chi connectivity index (χ4n) is 1.52. The second-order valence-electron chi connectivity index (χ2n) is 4.33. The van der Waals surface area contributed by atoms with Gasteiger partial charge in [-0.05, 0) is 46.5 Å².